The number of rotatable bonds is 4. The zero-order valence-electron chi connectivity index (χ0n) is 11.0. The number of ether oxygens (including phenoxy) is 1. The number of hydrogen-bond acceptors (Lipinski definition) is 4. The highest BCUT2D eigenvalue weighted by molar-refractivity contribution is 9.10. The second-order valence-corrected chi connectivity index (χ2v) is 6.69. The number of carbonyl (C=O) groups excluding carboxylic acids is 1. The van der Waals surface area contributed by atoms with Crippen LogP contribution >= 0.6 is 15.9 Å². The number of esters is 1. The van der Waals surface area contributed by atoms with Crippen LogP contribution in [-0.2, 0) is 14.8 Å². The molecule has 2 rings (SSSR count). The first kappa shape index (κ1) is 15.5. The van der Waals surface area contributed by atoms with Gasteiger partial charge in [0.2, 0.25) is 0 Å². The topological polar surface area (TPSA) is 72.5 Å². The monoisotopic (exact) mass is 369 g/mol. The molecule has 5 nitrogen and oxygen atoms in total. The average Bonchev–Trinajstić information content (AvgIpc) is 2.47. The van der Waals surface area contributed by atoms with E-state index < -0.39 is 16.0 Å². The Morgan fingerprint density at radius 1 is 1.10 bits per heavy atom. The normalized spacial score (nSPS) is 11.0. The molecule has 0 heterocycles. The number of anilines is 1. The number of halogens is 1. The first-order chi connectivity index (χ1) is 9.94. The summed E-state index contributed by atoms with van der Waals surface area (Å²) in [4.78, 5) is 11.7. The lowest BCUT2D eigenvalue weighted by Gasteiger charge is -2.11. The van der Waals surface area contributed by atoms with Crippen molar-refractivity contribution in [2.45, 2.75) is 4.90 Å². The van der Waals surface area contributed by atoms with E-state index in [9.17, 15) is 13.2 Å². The van der Waals surface area contributed by atoms with Gasteiger partial charge in [0.15, 0.2) is 0 Å². The summed E-state index contributed by atoms with van der Waals surface area (Å²) in [5.41, 5.74) is 0.327. The van der Waals surface area contributed by atoms with E-state index in [2.05, 4.69) is 25.4 Å². The number of sulfonamides is 1. The Hall–Kier alpha value is -1.86. The molecule has 110 valence electrons. The van der Waals surface area contributed by atoms with Gasteiger partial charge in [0.1, 0.15) is 0 Å². The van der Waals surface area contributed by atoms with Crippen molar-refractivity contribution in [2.24, 2.45) is 0 Å². The van der Waals surface area contributed by atoms with Crippen LogP contribution in [0.4, 0.5) is 5.69 Å². The van der Waals surface area contributed by atoms with Crippen LogP contribution in [0.15, 0.2) is 57.9 Å². The molecule has 0 aromatic heterocycles. The maximum atomic E-state index is 12.3. The van der Waals surface area contributed by atoms with E-state index in [0.717, 1.165) is 4.47 Å². The number of para-hydroxylation sites is 1. The summed E-state index contributed by atoms with van der Waals surface area (Å²) in [6.45, 7) is 0. The molecule has 0 unspecified atom stereocenters. The highest BCUT2D eigenvalue weighted by Crippen LogP contribution is 2.21. The van der Waals surface area contributed by atoms with Crippen molar-refractivity contribution in [1.82, 2.24) is 0 Å². The smallest absolute Gasteiger partial charge is 0.339 e. The van der Waals surface area contributed by atoms with Gasteiger partial charge in [-0.05, 0) is 36.4 Å². The lowest BCUT2D eigenvalue weighted by atomic mass is 10.2. The van der Waals surface area contributed by atoms with Gasteiger partial charge >= 0.3 is 5.97 Å². The predicted octanol–water partition coefficient (Wildman–Crippen LogP) is 3.04. The van der Waals surface area contributed by atoms with Gasteiger partial charge in [0.25, 0.3) is 10.0 Å². The zero-order valence-corrected chi connectivity index (χ0v) is 13.4. The van der Waals surface area contributed by atoms with Crippen LogP contribution in [-0.4, -0.2) is 21.5 Å². The molecule has 0 atom stereocenters. The highest BCUT2D eigenvalue weighted by Gasteiger charge is 2.18. The molecule has 7 heteroatoms. The van der Waals surface area contributed by atoms with Crippen molar-refractivity contribution in [3.8, 4) is 0 Å². The van der Waals surface area contributed by atoms with Crippen LogP contribution in [0.3, 0.4) is 0 Å². The molecule has 21 heavy (non-hydrogen) atoms. The molecule has 0 aliphatic rings. The summed E-state index contributed by atoms with van der Waals surface area (Å²) >= 11 is 3.24. The molecule has 0 saturated heterocycles. The minimum atomic E-state index is -3.77. The average molecular weight is 370 g/mol. The minimum absolute atomic E-state index is 0.102. The molecule has 0 fully saturated rings. The maximum Gasteiger partial charge on any atom is 0.339 e. The van der Waals surface area contributed by atoms with Gasteiger partial charge in [-0.15, -0.1) is 0 Å². The SMILES string of the molecule is COC(=O)c1ccccc1NS(=O)(=O)c1ccc(Br)cc1. The summed E-state index contributed by atoms with van der Waals surface area (Å²) in [7, 11) is -2.53. The van der Waals surface area contributed by atoms with Gasteiger partial charge in [0.05, 0.1) is 23.3 Å². The Morgan fingerprint density at radius 2 is 1.71 bits per heavy atom. The number of benzene rings is 2. The van der Waals surface area contributed by atoms with Gasteiger partial charge in [-0.2, -0.15) is 0 Å². The molecule has 2 aromatic rings. The molecule has 0 spiro atoms. The minimum Gasteiger partial charge on any atom is -0.465 e. The van der Waals surface area contributed by atoms with E-state index in [4.69, 9.17) is 0 Å². The van der Waals surface area contributed by atoms with E-state index in [1.807, 2.05) is 0 Å². The summed E-state index contributed by atoms with van der Waals surface area (Å²) in [5.74, 6) is -0.607. The van der Waals surface area contributed by atoms with Crippen LogP contribution in [0, 0.1) is 0 Å². The molecule has 0 radical (unpaired) electrons. The molecule has 0 amide bonds. The lowest BCUT2D eigenvalue weighted by Crippen LogP contribution is -2.16. The van der Waals surface area contributed by atoms with Crippen molar-refractivity contribution < 1.29 is 17.9 Å². The Labute approximate surface area is 131 Å². The second kappa shape index (κ2) is 6.28. The van der Waals surface area contributed by atoms with Crippen molar-refractivity contribution in [2.75, 3.05) is 11.8 Å². The van der Waals surface area contributed by atoms with Crippen molar-refractivity contribution in [3.05, 3.63) is 58.6 Å². The summed E-state index contributed by atoms with van der Waals surface area (Å²) < 4.78 is 32.4. The fraction of sp³-hybridized carbons (Fsp3) is 0.0714. The van der Waals surface area contributed by atoms with Crippen molar-refractivity contribution in [3.63, 3.8) is 0 Å². The predicted molar refractivity (Wildman–Crippen MR) is 82.7 cm³/mol. The standard InChI is InChI=1S/C14H12BrNO4S/c1-20-14(17)12-4-2-3-5-13(12)16-21(18,19)11-8-6-10(15)7-9-11/h2-9,16H,1H3. The molecule has 0 aliphatic carbocycles. The molecule has 2 aromatic carbocycles. The third-order valence-electron chi connectivity index (χ3n) is 2.70. The quantitative estimate of drug-likeness (QED) is 0.840. The number of nitrogens with one attached hydrogen (secondary N) is 1. The van der Waals surface area contributed by atoms with Gasteiger partial charge in [0, 0.05) is 4.47 Å². The largest absolute Gasteiger partial charge is 0.465 e. The van der Waals surface area contributed by atoms with E-state index >= 15 is 0 Å². The van der Waals surface area contributed by atoms with Crippen molar-refractivity contribution >= 4 is 37.6 Å². The van der Waals surface area contributed by atoms with Gasteiger partial charge in [-0.25, -0.2) is 13.2 Å². The maximum absolute atomic E-state index is 12.3. The first-order valence-corrected chi connectivity index (χ1v) is 8.17. The molecule has 0 saturated carbocycles. The Kier molecular flexibility index (Phi) is 4.64. The summed E-state index contributed by atoms with van der Waals surface area (Å²) in [6, 6.07) is 12.4. The highest BCUT2D eigenvalue weighted by atomic mass is 79.9. The summed E-state index contributed by atoms with van der Waals surface area (Å²) in [5, 5.41) is 0. The van der Waals surface area contributed by atoms with Crippen LogP contribution < -0.4 is 4.72 Å². The zero-order chi connectivity index (χ0) is 15.5. The third kappa shape index (κ3) is 3.62. The number of methoxy groups -OCH3 is 1. The fourth-order valence-electron chi connectivity index (χ4n) is 1.68. The van der Waals surface area contributed by atoms with Crippen molar-refractivity contribution in [1.29, 1.82) is 0 Å². The fourth-order valence-corrected chi connectivity index (χ4v) is 3.02. The molecule has 1 N–H and O–H groups in total. The van der Waals surface area contributed by atoms with Gasteiger partial charge in [-0.3, -0.25) is 4.72 Å². The number of carbonyl (C=O) groups is 1. The molecule has 0 bridgehead atoms. The van der Waals surface area contributed by atoms with Crippen LogP contribution in [0.25, 0.3) is 0 Å². The molecular weight excluding hydrogens is 358 g/mol. The van der Waals surface area contributed by atoms with Crippen LogP contribution in [0.2, 0.25) is 0 Å². The number of hydrogen-bond donors (Lipinski definition) is 1. The second-order valence-electron chi connectivity index (χ2n) is 4.10. The van der Waals surface area contributed by atoms with E-state index in [-0.39, 0.29) is 16.1 Å². The molecule has 0 aliphatic heterocycles. The third-order valence-corrected chi connectivity index (χ3v) is 4.61. The van der Waals surface area contributed by atoms with E-state index in [0.29, 0.717) is 0 Å². The van der Waals surface area contributed by atoms with Crippen LogP contribution in [0.5, 0.6) is 0 Å². The van der Waals surface area contributed by atoms with E-state index in [1.165, 1.54) is 31.4 Å². The Bertz CT molecular complexity index is 757. The molecular formula is C14H12BrNO4S. The Morgan fingerprint density at radius 3 is 2.33 bits per heavy atom. The van der Waals surface area contributed by atoms with Gasteiger partial charge < -0.3 is 4.74 Å². The van der Waals surface area contributed by atoms with Gasteiger partial charge in [-0.1, -0.05) is 28.1 Å². The Balaban J connectivity index is 2.37. The van der Waals surface area contributed by atoms with E-state index in [1.54, 1.807) is 24.3 Å². The van der Waals surface area contributed by atoms with Crippen LogP contribution in [0.1, 0.15) is 10.4 Å². The lowest BCUT2D eigenvalue weighted by molar-refractivity contribution is 0.0602. The summed E-state index contributed by atoms with van der Waals surface area (Å²) in [6.07, 6.45) is 0. The first-order valence-electron chi connectivity index (χ1n) is 5.90.